The summed E-state index contributed by atoms with van der Waals surface area (Å²) in [7, 11) is -4.20. The van der Waals surface area contributed by atoms with Crippen molar-refractivity contribution in [1.82, 2.24) is 10.2 Å². The number of rotatable bonds is 16. The van der Waals surface area contributed by atoms with E-state index in [0.29, 0.717) is 25.2 Å². The van der Waals surface area contributed by atoms with Gasteiger partial charge in [-0.15, -0.1) is 11.8 Å². The van der Waals surface area contributed by atoms with Gasteiger partial charge in [0.05, 0.1) is 17.2 Å². The number of carbonyl (C=O) groups excluding carboxylic acids is 2. The summed E-state index contributed by atoms with van der Waals surface area (Å²) >= 11 is 1.51. The Bertz CT molecular complexity index is 1430. The third-order valence-electron chi connectivity index (χ3n) is 7.23. The number of ether oxygens (including phenoxy) is 1. The number of nitrogens with one attached hydrogen (secondary N) is 1. The zero-order valence-corrected chi connectivity index (χ0v) is 27.3. The first-order chi connectivity index (χ1) is 20.7. The fraction of sp³-hybridized carbons (Fsp3) is 0.394. The number of anilines is 1. The average Bonchev–Trinajstić information content (AvgIpc) is 3.02. The minimum Gasteiger partial charge on any atom is -0.492 e. The number of benzene rings is 3. The molecule has 2 amide bonds. The number of sulfonamides is 1. The number of hydrogen-bond donors (Lipinski definition) is 1. The van der Waals surface area contributed by atoms with Crippen LogP contribution in [-0.4, -0.2) is 63.2 Å². The average molecular weight is 626 g/mol. The minimum absolute atomic E-state index is 0.0572. The summed E-state index contributed by atoms with van der Waals surface area (Å²) in [6, 6.07) is 22.2. The van der Waals surface area contributed by atoms with Crippen molar-refractivity contribution in [3.05, 3.63) is 84.4 Å². The Morgan fingerprint density at radius 1 is 0.907 bits per heavy atom. The Balaban J connectivity index is 2.06. The van der Waals surface area contributed by atoms with Gasteiger partial charge in [-0.05, 0) is 81.3 Å². The SMILES string of the molecule is CCOc1ccccc1N(CC(=O)N(CCc1ccccc1)[C@@H](CC)C(=O)N[C@H](C)CC)S(=O)(=O)c1ccc(SC)cc1. The van der Waals surface area contributed by atoms with E-state index >= 15 is 0 Å². The van der Waals surface area contributed by atoms with Gasteiger partial charge in [0.2, 0.25) is 11.8 Å². The van der Waals surface area contributed by atoms with Crippen molar-refractivity contribution in [3.63, 3.8) is 0 Å². The molecule has 8 nitrogen and oxygen atoms in total. The van der Waals surface area contributed by atoms with Crippen LogP contribution in [0, 0.1) is 0 Å². The first kappa shape index (κ1) is 34.0. The highest BCUT2D eigenvalue weighted by molar-refractivity contribution is 7.98. The van der Waals surface area contributed by atoms with Crippen LogP contribution in [0.15, 0.2) is 88.7 Å². The van der Waals surface area contributed by atoms with Crippen LogP contribution in [0.2, 0.25) is 0 Å². The molecule has 0 saturated heterocycles. The molecule has 0 saturated carbocycles. The first-order valence-electron chi connectivity index (χ1n) is 14.7. The Kier molecular flexibility index (Phi) is 12.9. The minimum atomic E-state index is -4.20. The monoisotopic (exact) mass is 625 g/mol. The summed E-state index contributed by atoms with van der Waals surface area (Å²) < 4.78 is 35.3. The number of para-hydroxylation sites is 2. The zero-order chi connectivity index (χ0) is 31.4. The molecule has 0 radical (unpaired) electrons. The summed E-state index contributed by atoms with van der Waals surface area (Å²) in [5, 5.41) is 3.01. The molecule has 232 valence electrons. The van der Waals surface area contributed by atoms with Crippen LogP contribution in [0.1, 0.15) is 46.1 Å². The van der Waals surface area contributed by atoms with Crippen LogP contribution < -0.4 is 14.4 Å². The van der Waals surface area contributed by atoms with Crippen molar-refractivity contribution in [2.45, 2.75) is 68.8 Å². The predicted molar refractivity (Wildman–Crippen MR) is 174 cm³/mol. The quantitative estimate of drug-likeness (QED) is 0.203. The Labute approximate surface area is 260 Å². The number of nitrogens with zero attached hydrogens (tertiary/aromatic N) is 2. The largest absolute Gasteiger partial charge is 0.492 e. The second-order valence-corrected chi connectivity index (χ2v) is 12.9. The van der Waals surface area contributed by atoms with Gasteiger partial charge in [-0.25, -0.2) is 8.42 Å². The van der Waals surface area contributed by atoms with Gasteiger partial charge in [0.1, 0.15) is 18.3 Å². The topological polar surface area (TPSA) is 96.0 Å². The highest BCUT2D eigenvalue weighted by Gasteiger charge is 2.34. The molecule has 3 rings (SSSR count). The highest BCUT2D eigenvalue weighted by Crippen LogP contribution is 2.33. The molecular weight excluding hydrogens is 583 g/mol. The number of thioether (sulfide) groups is 1. The fourth-order valence-corrected chi connectivity index (χ4v) is 6.50. The van der Waals surface area contributed by atoms with Crippen molar-refractivity contribution in [1.29, 1.82) is 0 Å². The molecule has 0 bridgehead atoms. The lowest BCUT2D eigenvalue weighted by Crippen LogP contribution is -2.54. The second kappa shape index (κ2) is 16.4. The van der Waals surface area contributed by atoms with Gasteiger partial charge in [-0.2, -0.15) is 0 Å². The van der Waals surface area contributed by atoms with Crippen molar-refractivity contribution in [3.8, 4) is 5.75 Å². The van der Waals surface area contributed by atoms with Crippen molar-refractivity contribution >= 4 is 39.3 Å². The van der Waals surface area contributed by atoms with E-state index in [2.05, 4.69) is 5.32 Å². The van der Waals surface area contributed by atoms with E-state index in [0.717, 1.165) is 21.2 Å². The lowest BCUT2D eigenvalue weighted by molar-refractivity contribution is -0.139. The van der Waals surface area contributed by atoms with Gasteiger partial charge in [-0.1, -0.05) is 56.3 Å². The van der Waals surface area contributed by atoms with Crippen LogP contribution in [0.4, 0.5) is 5.69 Å². The lowest BCUT2D eigenvalue weighted by Gasteiger charge is -2.34. The Morgan fingerprint density at radius 2 is 1.56 bits per heavy atom. The van der Waals surface area contributed by atoms with E-state index in [4.69, 9.17) is 4.74 Å². The third kappa shape index (κ3) is 9.00. The van der Waals surface area contributed by atoms with Gasteiger partial charge >= 0.3 is 0 Å². The molecule has 0 aliphatic carbocycles. The summed E-state index contributed by atoms with van der Waals surface area (Å²) in [5.41, 5.74) is 1.27. The van der Waals surface area contributed by atoms with Crippen LogP contribution in [-0.2, 0) is 26.0 Å². The maximum atomic E-state index is 14.3. The maximum absolute atomic E-state index is 14.3. The lowest BCUT2D eigenvalue weighted by atomic mass is 10.1. The second-order valence-electron chi connectivity index (χ2n) is 10.2. The van der Waals surface area contributed by atoms with E-state index in [-0.39, 0.29) is 29.1 Å². The maximum Gasteiger partial charge on any atom is 0.264 e. The third-order valence-corrected chi connectivity index (χ3v) is 9.75. The van der Waals surface area contributed by atoms with E-state index in [1.54, 1.807) is 48.5 Å². The van der Waals surface area contributed by atoms with Crippen molar-refractivity contribution in [2.24, 2.45) is 0 Å². The summed E-state index contributed by atoms with van der Waals surface area (Å²) in [6.07, 6.45) is 3.55. The smallest absolute Gasteiger partial charge is 0.264 e. The van der Waals surface area contributed by atoms with E-state index in [9.17, 15) is 18.0 Å². The predicted octanol–water partition coefficient (Wildman–Crippen LogP) is 5.77. The zero-order valence-electron chi connectivity index (χ0n) is 25.7. The van der Waals surface area contributed by atoms with Gasteiger partial charge in [-0.3, -0.25) is 13.9 Å². The van der Waals surface area contributed by atoms with Crippen LogP contribution in [0.25, 0.3) is 0 Å². The normalized spacial score (nSPS) is 12.7. The van der Waals surface area contributed by atoms with Gasteiger partial charge in [0, 0.05) is 17.5 Å². The molecule has 2 atom stereocenters. The summed E-state index contributed by atoms with van der Waals surface area (Å²) in [6.45, 7) is 7.64. The molecule has 0 spiro atoms. The van der Waals surface area contributed by atoms with Gasteiger partial charge < -0.3 is 15.0 Å². The van der Waals surface area contributed by atoms with E-state index in [1.807, 2.05) is 64.3 Å². The van der Waals surface area contributed by atoms with Crippen LogP contribution >= 0.6 is 11.8 Å². The number of hydrogen-bond acceptors (Lipinski definition) is 6. The Hall–Kier alpha value is -3.50. The molecule has 10 heteroatoms. The fourth-order valence-electron chi connectivity index (χ4n) is 4.67. The molecule has 3 aromatic carbocycles. The number of amides is 2. The summed E-state index contributed by atoms with van der Waals surface area (Å²) in [5.74, 6) is -0.382. The molecule has 0 fully saturated rings. The molecule has 0 aliphatic rings. The van der Waals surface area contributed by atoms with Crippen molar-refractivity contribution in [2.75, 3.05) is 30.3 Å². The van der Waals surface area contributed by atoms with E-state index in [1.165, 1.54) is 16.7 Å². The van der Waals surface area contributed by atoms with E-state index < -0.39 is 28.5 Å². The van der Waals surface area contributed by atoms with Crippen LogP contribution in [0.3, 0.4) is 0 Å². The number of carbonyl (C=O) groups is 2. The van der Waals surface area contributed by atoms with Crippen LogP contribution in [0.5, 0.6) is 5.75 Å². The standard InChI is InChI=1S/C33H43N3O5S2/c1-6-25(4)34-33(38)29(7-2)35(23-22-26-14-10-9-11-15-26)32(37)24-36(30-16-12-13-17-31(30)41-8-3)43(39,40)28-20-18-27(42-5)19-21-28/h9-21,25,29H,6-8,22-24H2,1-5H3,(H,34,38)/t25-,29+/m1/s1. The molecule has 0 aliphatic heterocycles. The summed E-state index contributed by atoms with van der Waals surface area (Å²) in [4.78, 5) is 30.2. The highest BCUT2D eigenvalue weighted by atomic mass is 32.2. The first-order valence-corrected chi connectivity index (χ1v) is 17.3. The van der Waals surface area contributed by atoms with Gasteiger partial charge in [0.15, 0.2) is 0 Å². The molecule has 0 unspecified atom stereocenters. The molecule has 0 heterocycles. The van der Waals surface area contributed by atoms with Gasteiger partial charge in [0.25, 0.3) is 10.0 Å². The molecule has 3 aromatic rings. The Morgan fingerprint density at radius 3 is 2.16 bits per heavy atom. The molecule has 1 N–H and O–H groups in total. The molecule has 43 heavy (non-hydrogen) atoms. The van der Waals surface area contributed by atoms with Crippen molar-refractivity contribution < 1.29 is 22.7 Å². The molecule has 0 aromatic heterocycles. The molecular formula is C33H43N3O5S2.